The molecule has 1 aliphatic carbocycles. The molecule has 2 aromatic heterocycles. The van der Waals surface area contributed by atoms with Gasteiger partial charge in [0.05, 0.1) is 5.69 Å². The molecule has 3 rings (SSSR count). The molecule has 1 aliphatic rings. The lowest BCUT2D eigenvalue weighted by atomic mass is 9.91. The summed E-state index contributed by atoms with van der Waals surface area (Å²) in [7, 11) is 0. The standard InChI is InChI=1S/C15H23N5/c1-11(2)13-10-14-15(17-7-9-20(14)18-13)19(8-6-16)12-4-3-5-12/h7,9-12H,3-6,8,16H2,1-2H3. The summed E-state index contributed by atoms with van der Waals surface area (Å²) in [5.41, 5.74) is 7.99. The van der Waals surface area contributed by atoms with E-state index in [0.29, 0.717) is 18.5 Å². The molecule has 0 unspecified atom stereocenters. The van der Waals surface area contributed by atoms with Crippen LogP contribution in [0.4, 0.5) is 5.82 Å². The molecule has 0 amide bonds. The second kappa shape index (κ2) is 5.40. The van der Waals surface area contributed by atoms with Crippen LogP contribution in [0.3, 0.4) is 0 Å². The third-order valence-corrected chi connectivity index (χ3v) is 4.14. The van der Waals surface area contributed by atoms with Gasteiger partial charge in [-0.3, -0.25) is 0 Å². The van der Waals surface area contributed by atoms with Crippen molar-refractivity contribution in [3.05, 3.63) is 24.2 Å². The number of nitrogens with two attached hydrogens (primary N) is 1. The van der Waals surface area contributed by atoms with Crippen LogP contribution in [0.2, 0.25) is 0 Å². The van der Waals surface area contributed by atoms with Crippen molar-refractivity contribution in [1.29, 1.82) is 0 Å². The van der Waals surface area contributed by atoms with Gasteiger partial charge < -0.3 is 10.6 Å². The molecule has 108 valence electrons. The van der Waals surface area contributed by atoms with Crippen LogP contribution in [0.25, 0.3) is 5.52 Å². The Kier molecular flexibility index (Phi) is 3.61. The molecule has 2 aromatic rings. The van der Waals surface area contributed by atoms with Crippen molar-refractivity contribution < 1.29 is 0 Å². The van der Waals surface area contributed by atoms with Gasteiger partial charge in [-0.15, -0.1) is 0 Å². The third-order valence-electron chi connectivity index (χ3n) is 4.14. The van der Waals surface area contributed by atoms with Crippen LogP contribution < -0.4 is 10.6 Å². The first kappa shape index (κ1) is 13.4. The largest absolute Gasteiger partial charge is 0.351 e. The summed E-state index contributed by atoms with van der Waals surface area (Å²) in [6, 6.07) is 2.75. The molecule has 5 heteroatoms. The topological polar surface area (TPSA) is 59.5 Å². The Labute approximate surface area is 119 Å². The summed E-state index contributed by atoms with van der Waals surface area (Å²) in [4.78, 5) is 6.98. The molecule has 0 radical (unpaired) electrons. The average Bonchev–Trinajstić information content (AvgIpc) is 2.80. The first-order valence-electron chi connectivity index (χ1n) is 7.51. The quantitative estimate of drug-likeness (QED) is 0.907. The minimum Gasteiger partial charge on any atom is -0.351 e. The molecule has 1 saturated carbocycles. The highest BCUT2D eigenvalue weighted by Gasteiger charge is 2.27. The van der Waals surface area contributed by atoms with Gasteiger partial charge in [-0.25, -0.2) is 9.50 Å². The molecular formula is C15H23N5. The van der Waals surface area contributed by atoms with Crippen molar-refractivity contribution in [2.24, 2.45) is 5.73 Å². The average molecular weight is 273 g/mol. The van der Waals surface area contributed by atoms with Crippen LogP contribution >= 0.6 is 0 Å². The monoisotopic (exact) mass is 273 g/mol. The molecule has 0 aromatic carbocycles. The van der Waals surface area contributed by atoms with Gasteiger partial charge in [0.1, 0.15) is 5.52 Å². The third kappa shape index (κ3) is 2.26. The first-order valence-corrected chi connectivity index (χ1v) is 7.51. The number of rotatable bonds is 5. The van der Waals surface area contributed by atoms with Crippen molar-refractivity contribution in [2.45, 2.75) is 45.1 Å². The lowest BCUT2D eigenvalue weighted by Gasteiger charge is -2.38. The predicted molar refractivity (Wildman–Crippen MR) is 81.1 cm³/mol. The van der Waals surface area contributed by atoms with Crippen molar-refractivity contribution >= 4 is 11.3 Å². The Morgan fingerprint density at radius 1 is 1.45 bits per heavy atom. The van der Waals surface area contributed by atoms with Gasteiger partial charge >= 0.3 is 0 Å². The van der Waals surface area contributed by atoms with Gasteiger partial charge in [0.25, 0.3) is 0 Å². The van der Waals surface area contributed by atoms with E-state index >= 15 is 0 Å². The first-order chi connectivity index (χ1) is 9.70. The second-order valence-electron chi connectivity index (χ2n) is 5.87. The highest BCUT2D eigenvalue weighted by Crippen LogP contribution is 2.31. The summed E-state index contributed by atoms with van der Waals surface area (Å²) in [5.74, 6) is 1.46. The van der Waals surface area contributed by atoms with Gasteiger partial charge in [-0.05, 0) is 31.2 Å². The molecule has 2 N–H and O–H groups in total. The van der Waals surface area contributed by atoms with Gasteiger partial charge in [-0.2, -0.15) is 5.10 Å². The Bertz CT molecular complexity index is 585. The molecule has 0 aliphatic heterocycles. The fraction of sp³-hybridized carbons (Fsp3) is 0.600. The minimum absolute atomic E-state index is 0.425. The van der Waals surface area contributed by atoms with E-state index in [2.05, 4.69) is 34.9 Å². The van der Waals surface area contributed by atoms with E-state index in [0.717, 1.165) is 23.6 Å². The zero-order valence-electron chi connectivity index (χ0n) is 12.3. The smallest absolute Gasteiger partial charge is 0.154 e. The zero-order valence-corrected chi connectivity index (χ0v) is 12.3. The molecular weight excluding hydrogens is 250 g/mol. The Hall–Kier alpha value is -1.62. The lowest BCUT2D eigenvalue weighted by Crippen LogP contribution is -2.43. The number of fused-ring (bicyclic) bond motifs is 1. The Morgan fingerprint density at radius 3 is 2.85 bits per heavy atom. The van der Waals surface area contributed by atoms with E-state index in [1.165, 1.54) is 19.3 Å². The van der Waals surface area contributed by atoms with E-state index in [1.54, 1.807) is 0 Å². The molecule has 1 fully saturated rings. The SMILES string of the molecule is CC(C)c1cc2c(N(CCN)C3CCC3)nccn2n1. The number of anilines is 1. The van der Waals surface area contributed by atoms with Gasteiger partial charge in [0.15, 0.2) is 5.82 Å². The van der Waals surface area contributed by atoms with Gasteiger partial charge in [-0.1, -0.05) is 13.8 Å². The van der Waals surface area contributed by atoms with Crippen LogP contribution in [0.1, 0.15) is 44.7 Å². The number of aromatic nitrogens is 3. The van der Waals surface area contributed by atoms with Gasteiger partial charge in [0.2, 0.25) is 0 Å². The molecule has 0 spiro atoms. The number of nitrogens with zero attached hydrogens (tertiary/aromatic N) is 4. The molecule has 0 bridgehead atoms. The van der Waals surface area contributed by atoms with Crippen LogP contribution in [-0.2, 0) is 0 Å². The van der Waals surface area contributed by atoms with E-state index in [1.807, 2.05) is 16.9 Å². The van der Waals surface area contributed by atoms with Crippen LogP contribution in [0, 0.1) is 0 Å². The molecule has 5 nitrogen and oxygen atoms in total. The molecule has 20 heavy (non-hydrogen) atoms. The van der Waals surface area contributed by atoms with E-state index < -0.39 is 0 Å². The van der Waals surface area contributed by atoms with Crippen molar-refractivity contribution in [1.82, 2.24) is 14.6 Å². The summed E-state index contributed by atoms with van der Waals surface area (Å²) in [5, 5.41) is 4.64. The van der Waals surface area contributed by atoms with Crippen LogP contribution in [0.15, 0.2) is 18.5 Å². The summed E-state index contributed by atoms with van der Waals surface area (Å²) >= 11 is 0. The van der Waals surface area contributed by atoms with Crippen molar-refractivity contribution in [3.63, 3.8) is 0 Å². The fourth-order valence-corrected chi connectivity index (χ4v) is 2.73. The second-order valence-corrected chi connectivity index (χ2v) is 5.87. The Morgan fingerprint density at radius 2 is 2.25 bits per heavy atom. The Balaban J connectivity index is 2.04. The molecule has 0 atom stereocenters. The molecule has 2 heterocycles. The van der Waals surface area contributed by atoms with E-state index in [-0.39, 0.29) is 0 Å². The highest BCUT2D eigenvalue weighted by molar-refractivity contribution is 5.69. The maximum atomic E-state index is 5.79. The van der Waals surface area contributed by atoms with Crippen molar-refractivity contribution in [2.75, 3.05) is 18.0 Å². The normalized spacial score (nSPS) is 15.8. The van der Waals surface area contributed by atoms with Crippen molar-refractivity contribution in [3.8, 4) is 0 Å². The maximum Gasteiger partial charge on any atom is 0.154 e. The lowest BCUT2D eigenvalue weighted by molar-refractivity contribution is 0.386. The number of hydrogen-bond acceptors (Lipinski definition) is 4. The van der Waals surface area contributed by atoms with E-state index in [9.17, 15) is 0 Å². The maximum absolute atomic E-state index is 5.79. The van der Waals surface area contributed by atoms with Crippen LogP contribution in [0.5, 0.6) is 0 Å². The van der Waals surface area contributed by atoms with Crippen LogP contribution in [-0.4, -0.2) is 33.7 Å². The van der Waals surface area contributed by atoms with E-state index in [4.69, 9.17) is 5.73 Å². The predicted octanol–water partition coefficient (Wildman–Crippen LogP) is 2.17. The number of hydrogen-bond donors (Lipinski definition) is 1. The molecule has 0 saturated heterocycles. The fourth-order valence-electron chi connectivity index (χ4n) is 2.73. The summed E-state index contributed by atoms with van der Waals surface area (Å²) in [6.45, 7) is 5.85. The van der Waals surface area contributed by atoms with Gasteiger partial charge in [0, 0.05) is 31.5 Å². The summed E-state index contributed by atoms with van der Waals surface area (Å²) < 4.78 is 1.94. The highest BCUT2D eigenvalue weighted by atomic mass is 15.3. The zero-order chi connectivity index (χ0) is 14.1. The minimum atomic E-state index is 0.425. The summed E-state index contributed by atoms with van der Waals surface area (Å²) in [6.07, 6.45) is 7.56.